The summed E-state index contributed by atoms with van der Waals surface area (Å²) in [6, 6.07) is 14.0. The van der Waals surface area contributed by atoms with E-state index >= 15 is 0 Å². The number of ether oxygens (including phenoxy) is 1. The van der Waals surface area contributed by atoms with E-state index in [1.165, 1.54) is 0 Å². The first-order chi connectivity index (χ1) is 16.1. The van der Waals surface area contributed by atoms with Crippen LogP contribution in [0.5, 0.6) is 0 Å². The predicted octanol–water partition coefficient (Wildman–Crippen LogP) is 4.22. The van der Waals surface area contributed by atoms with E-state index in [0.29, 0.717) is 19.0 Å². The SMILES string of the molecule is CCNC(=NCc1ccc(N2CC(C)OC(C)C2)nc1)NCc1coc(-c2ccccc2)n1.I. The molecule has 4 rings (SSSR count). The van der Waals surface area contributed by atoms with E-state index < -0.39 is 0 Å². The average molecular weight is 576 g/mol. The average Bonchev–Trinajstić information content (AvgIpc) is 3.30. The number of guanidine groups is 1. The van der Waals surface area contributed by atoms with Gasteiger partial charge in [-0.25, -0.2) is 15.0 Å². The highest BCUT2D eigenvalue weighted by molar-refractivity contribution is 14.0. The molecule has 1 aliphatic heterocycles. The summed E-state index contributed by atoms with van der Waals surface area (Å²) in [5.74, 6) is 2.32. The molecular formula is C25H33IN6O2. The van der Waals surface area contributed by atoms with Gasteiger partial charge >= 0.3 is 0 Å². The van der Waals surface area contributed by atoms with Crippen LogP contribution >= 0.6 is 24.0 Å². The highest BCUT2D eigenvalue weighted by atomic mass is 127. The minimum atomic E-state index is 0. The molecule has 0 bridgehead atoms. The van der Waals surface area contributed by atoms with Crippen molar-refractivity contribution in [1.29, 1.82) is 0 Å². The second-order valence-corrected chi connectivity index (χ2v) is 8.25. The molecule has 1 aromatic carbocycles. The third-order valence-corrected chi connectivity index (χ3v) is 5.33. The van der Waals surface area contributed by atoms with Crippen molar-refractivity contribution in [2.24, 2.45) is 4.99 Å². The summed E-state index contributed by atoms with van der Waals surface area (Å²) in [5.41, 5.74) is 2.83. The van der Waals surface area contributed by atoms with Crippen molar-refractivity contribution < 1.29 is 9.15 Å². The molecular weight excluding hydrogens is 543 g/mol. The van der Waals surface area contributed by atoms with Crippen LogP contribution in [0.1, 0.15) is 32.0 Å². The summed E-state index contributed by atoms with van der Waals surface area (Å²) in [5, 5.41) is 6.59. The van der Waals surface area contributed by atoms with Crippen LogP contribution in [-0.2, 0) is 17.8 Å². The lowest BCUT2D eigenvalue weighted by Gasteiger charge is -2.36. The lowest BCUT2D eigenvalue weighted by atomic mass is 10.2. The van der Waals surface area contributed by atoms with Crippen molar-refractivity contribution >= 4 is 35.8 Å². The van der Waals surface area contributed by atoms with Gasteiger partial charge in [-0.05, 0) is 44.5 Å². The van der Waals surface area contributed by atoms with Gasteiger partial charge in [-0.1, -0.05) is 24.3 Å². The van der Waals surface area contributed by atoms with Gasteiger partial charge in [0.1, 0.15) is 12.1 Å². The van der Waals surface area contributed by atoms with Crippen LogP contribution in [0.3, 0.4) is 0 Å². The first kappa shape index (κ1) is 26.0. The van der Waals surface area contributed by atoms with Crippen molar-refractivity contribution in [2.75, 3.05) is 24.5 Å². The molecule has 34 heavy (non-hydrogen) atoms. The molecule has 0 saturated carbocycles. The van der Waals surface area contributed by atoms with Gasteiger partial charge in [0.2, 0.25) is 5.89 Å². The third kappa shape index (κ3) is 7.17. The van der Waals surface area contributed by atoms with Gasteiger partial charge in [-0.3, -0.25) is 0 Å². The second kappa shape index (κ2) is 12.7. The van der Waals surface area contributed by atoms with Crippen molar-refractivity contribution in [3.63, 3.8) is 0 Å². The number of aromatic nitrogens is 2. The fourth-order valence-electron chi connectivity index (χ4n) is 3.85. The normalized spacial score (nSPS) is 18.3. The summed E-state index contributed by atoms with van der Waals surface area (Å²) in [6.45, 7) is 9.78. The van der Waals surface area contributed by atoms with E-state index in [1.807, 2.05) is 43.5 Å². The molecule has 3 heterocycles. The quantitative estimate of drug-likeness (QED) is 0.248. The lowest BCUT2D eigenvalue weighted by molar-refractivity contribution is -0.00545. The minimum Gasteiger partial charge on any atom is -0.444 e. The molecule has 2 unspecified atom stereocenters. The molecule has 0 amide bonds. The molecule has 0 radical (unpaired) electrons. The summed E-state index contributed by atoms with van der Waals surface area (Å²) in [7, 11) is 0. The molecule has 0 aliphatic carbocycles. The van der Waals surface area contributed by atoms with Crippen LogP contribution in [0.4, 0.5) is 5.82 Å². The van der Waals surface area contributed by atoms with Crippen molar-refractivity contribution in [2.45, 2.75) is 46.1 Å². The van der Waals surface area contributed by atoms with E-state index in [1.54, 1.807) is 6.26 Å². The van der Waals surface area contributed by atoms with Gasteiger partial charge in [0.25, 0.3) is 0 Å². The Kier molecular flexibility index (Phi) is 9.70. The number of aliphatic imine (C=N–C) groups is 1. The van der Waals surface area contributed by atoms with Gasteiger partial charge in [0, 0.05) is 31.4 Å². The molecule has 3 aromatic rings. The summed E-state index contributed by atoms with van der Waals surface area (Å²) in [6.07, 6.45) is 4.00. The zero-order chi connectivity index (χ0) is 23.0. The van der Waals surface area contributed by atoms with E-state index in [2.05, 4.69) is 51.5 Å². The van der Waals surface area contributed by atoms with Crippen molar-refractivity contribution in [3.8, 4) is 11.5 Å². The van der Waals surface area contributed by atoms with Gasteiger partial charge in [-0.2, -0.15) is 0 Å². The first-order valence-electron chi connectivity index (χ1n) is 11.5. The van der Waals surface area contributed by atoms with E-state index in [0.717, 1.165) is 48.2 Å². The largest absolute Gasteiger partial charge is 0.444 e. The highest BCUT2D eigenvalue weighted by Crippen LogP contribution is 2.19. The molecule has 1 fully saturated rings. The highest BCUT2D eigenvalue weighted by Gasteiger charge is 2.22. The van der Waals surface area contributed by atoms with Crippen LogP contribution < -0.4 is 15.5 Å². The van der Waals surface area contributed by atoms with Gasteiger partial charge in [0.15, 0.2) is 5.96 Å². The van der Waals surface area contributed by atoms with Crippen LogP contribution in [0, 0.1) is 0 Å². The number of nitrogens with one attached hydrogen (secondary N) is 2. The van der Waals surface area contributed by atoms with Crippen LogP contribution in [0.2, 0.25) is 0 Å². The van der Waals surface area contributed by atoms with Crippen LogP contribution in [0.25, 0.3) is 11.5 Å². The molecule has 2 aromatic heterocycles. The standard InChI is InChI=1S/C25H32N6O2.HI/c1-4-26-25(29-14-22-17-32-24(30-22)21-8-6-5-7-9-21)28-13-20-10-11-23(27-12-20)31-15-18(2)33-19(3)16-31;/h5-12,17-19H,4,13-16H2,1-3H3,(H2,26,28,29);1H. The zero-order valence-corrected chi connectivity index (χ0v) is 22.2. The van der Waals surface area contributed by atoms with Gasteiger partial charge < -0.3 is 24.7 Å². The van der Waals surface area contributed by atoms with Crippen molar-refractivity contribution in [1.82, 2.24) is 20.6 Å². The fourth-order valence-corrected chi connectivity index (χ4v) is 3.85. The maximum Gasteiger partial charge on any atom is 0.226 e. The number of anilines is 1. The number of benzene rings is 1. The molecule has 2 N–H and O–H groups in total. The van der Waals surface area contributed by atoms with Gasteiger partial charge in [-0.15, -0.1) is 24.0 Å². The van der Waals surface area contributed by atoms with E-state index in [9.17, 15) is 0 Å². The smallest absolute Gasteiger partial charge is 0.226 e. The Bertz CT molecular complexity index is 1030. The topological polar surface area (TPSA) is 87.8 Å². The maximum absolute atomic E-state index is 5.82. The molecule has 9 heteroatoms. The predicted molar refractivity (Wildman–Crippen MR) is 145 cm³/mol. The number of morpholine rings is 1. The number of halogens is 1. The molecule has 1 saturated heterocycles. The van der Waals surface area contributed by atoms with Crippen LogP contribution in [-0.4, -0.2) is 47.8 Å². The maximum atomic E-state index is 5.82. The van der Waals surface area contributed by atoms with Crippen LogP contribution in [0.15, 0.2) is 64.3 Å². The molecule has 2 atom stereocenters. The monoisotopic (exact) mass is 576 g/mol. The van der Waals surface area contributed by atoms with Gasteiger partial charge in [0.05, 0.1) is 31.0 Å². The summed E-state index contributed by atoms with van der Waals surface area (Å²) < 4.78 is 11.4. The number of oxazole rings is 1. The Labute approximate surface area is 218 Å². The Morgan fingerprint density at radius 1 is 1.09 bits per heavy atom. The Morgan fingerprint density at radius 2 is 1.85 bits per heavy atom. The molecule has 0 spiro atoms. The Balaban J connectivity index is 0.00000324. The number of nitrogens with zero attached hydrogens (tertiary/aromatic N) is 4. The number of pyridine rings is 1. The van der Waals surface area contributed by atoms with E-state index in [4.69, 9.17) is 14.1 Å². The first-order valence-corrected chi connectivity index (χ1v) is 11.5. The third-order valence-electron chi connectivity index (χ3n) is 5.33. The van der Waals surface area contributed by atoms with Crippen molar-refractivity contribution in [3.05, 3.63) is 66.2 Å². The Hall–Kier alpha value is -2.66. The zero-order valence-electron chi connectivity index (χ0n) is 19.9. The molecule has 182 valence electrons. The molecule has 1 aliphatic rings. The second-order valence-electron chi connectivity index (χ2n) is 8.25. The number of rotatable bonds is 7. The molecule has 8 nitrogen and oxygen atoms in total. The summed E-state index contributed by atoms with van der Waals surface area (Å²) >= 11 is 0. The van der Waals surface area contributed by atoms with E-state index in [-0.39, 0.29) is 36.2 Å². The minimum absolute atomic E-state index is 0. The Morgan fingerprint density at radius 3 is 2.53 bits per heavy atom. The number of hydrogen-bond donors (Lipinski definition) is 2. The number of hydrogen-bond acceptors (Lipinski definition) is 6. The summed E-state index contributed by atoms with van der Waals surface area (Å²) in [4.78, 5) is 16.2. The fraction of sp³-hybridized carbons (Fsp3) is 0.400. The lowest BCUT2D eigenvalue weighted by Crippen LogP contribution is -2.45.